The maximum atomic E-state index is 14.2. The SMILES string of the molecule is CS(=O)(=O)N[C@H](CCc1ccccc1)C(=O)N1C[C@H](OCc2ccc(Cl)cc2)C[C@H]1C(=O)N[C@@H](CCCCN)C(=O)C(=O)NCC1CCCCC1. The molecule has 12 nitrogen and oxygen atoms in total. The highest BCUT2D eigenvalue weighted by Crippen LogP contribution is 2.25. The number of rotatable bonds is 19. The first-order valence-corrected chi connectivity index (χ1v) is 20.2. The Hall–Kier alpha value is -3.36. The van der Waals surface area contributed by atoms with Gasteiger partial charge >= 0.3 is 0 Å². The average Bonchev–Trinajstić information content (AvgIpc) is 3.56. The first kappa shape index (κ1) is 40.4. The molecule has 4 atom stereocenters. The Balaban J connectivity index is 1.53. The molecule has 280 valence electrons. The predicted octanol–water partition coefficient (Wildman–Crippen LogP) is 3.26. The quantitative estimate of drug-likeness (QED) is 0.125. The summed E-state index contributed by atoms with van der Waals surface area (Å²) in [5, 5.41) is 6.13. The molecule has 0 aromatic heterocycles. The van der Waals surface area contributed by atoms with Gasteiger partial charge in [-0.3, -0.25) is 19.2 Å². The van der Waals surface area contributed by atoms with Crippen molar-refractivity contribution in [2.75, 3.05) is 25.9 Å². The van der Waals surface area contributed by atoms with E-state index in [-0.39, 0.29) is 32.4 Å². The van der Waals surface area contributed by atoms with Gasteiger partial charge in [0, 0.05) is 24.5 Å². The van der Waals surface area contributed by atoms with Gasteiger partial charge in [0.1, 0.15) is 12.1 Å². The second-order valence-corrected chi connectivity index (χ2v) is 15.9. The van der Waals surface area contributed by atoms with E-state index in [1.54, 1.807) is 12.1 Å². The van der Waals surface area contributed by atoms with Crippen LogP contribution in [0.5, 0.6) is 0 Å². The highest BCUT2D eigenvalue weighted by atomic mass is 35.5. The fraction of sp³-hybridized carbons (Fsp3) is 0.568. The molecule has 5 N–H and O–H groups in total. The Bertz CT molecular complexity index is 1550. The summed E-state index contributed by atoms with van der Waals surface area (Å²) in [5.41, 5.74) is 7.46. The molecule has 1 aliphatic carbocycles. The first-order chi connectivity index (χ1) is 24.4. The number of benzene rings is 2. The van der Waals surface area contributed by atoms with Crippen molar-refractivity contribution < 1.29 is 32.3 Å². The van der Waals surface area contributed by atoms with Crippen molar-refractivity contribution in [2.45, 2.75) is 101 Å². The minimum atomic E-state index is -3.81. The number of likely N-dealkylation sites (tertiary alicyclic amines) is 1. The molecule has 0 unspecified atom stereocenters. The van der Waals surface area contributed by atoms with Crippen molar-refractivity contribution in [1.29, 1.82) is 0 Å². The van der Waals surface area contributed by atoms with Crippen LogP contribution in [0.3, 0.4) is 0 Å². The normalized spacial score (nSPS) is 19.3. The Morgan fingerprint density at radius 1 is 0.941 bits per heavy atom. The maximum Gasteiger partial charge on any atom is 0.289 e. The van der Waals surface area contributed by atoms with Gasteiger partial charge in [-0.05, 0) is 80.7 Å². The summed E-state index contributed by atoms with van der Waals surface area (Å²) in [6.07, 6.45) is 7.74. The largest absolute Gasteiger partial charge is 0.372 e. The zero-order chi connectivity index (χ0) is 36.8. The average molecular weight is 746 g/mol. The van der Waals surface area contributed by atoms with Crippen LogP contribution < -0.4 is 21.1 Å². The number of hydrogen-bond acceptors (Lipinski definition) is 8. The molecule has 0 bridgehead atoms. The first-order valence-electron chi connectivity index (χ1n) is 17.9. The molecule has 1 heterocycles. The number of hydrogen-bond donors (Lipinski definition) is 4. The maximum absolute atomic E-state index is 14.2. The molecule has 0 radical (unpaired) electrons. The molecule has 3 amide bonds. The van der Waals surface area contributed by atoms with Crippen molar-refractivity contribution >= 4 is 45.1 Å². The number of halogens is 1. The molecule has 14 heteroatoms. The molecule has 1 saturated heterocycles. The number of unbranched alkanes of at least 4 members (excludes halogenated alkanes) is 1. The summed E-state index contributed by atoms with van der Waals surface area (Å²) in [6.45, 7) is 1.01. The van der Waals surface area contributed by atoms with Gasteiger partial charge in [-0.1, -0.05) is 73.3 Å². The van der Waals surface area contributed by atoms with Crippen LogP contribution in [0.1, 0.15) is 75.3 Å². The van der Waals surface area contributed by atoms with E-state index < -0.39 is 57.8 Å². The number of Topliss-reactive ketones (excluding diaryl/α,β-unsaturated/α-hetero) is 1. The van der Waals surface area contributed by atoms with Gasteiger partial charge in [0.2, 0.25) is 27.6 Å². The molecule has 1 aliphatic heterocycles. The molecular formula is C37H52ClN5O7S. The van der Waals surface area contributed by atoms with E-state index in [1.165, 1.54) is 11.3 Å². The van der Waals surface area contributed by atoms with Gasteiger partial charge in [0.25, 0.3) is 5.91 Å². The Morgan fingerprint density at radius 3 is 2.31 bits per heavy atom. The third kappa shape index (κ3) is 13.3. The topological polar surface area (TPSA) is 177 Å². The second-order valence-electron chi connectivity index (χ2n) is 13.7. The van der Waals surface area contributed by atoms with E-state index in [0.29, 0.717) is 43.3 Å². The van der Waals surface area contributed by atoms with E-state index in [2.05, 4.69) is 15.4 Å². The smallest absolute Gasteiger partial charge is 0.289 e. The number of sulfonamides is 1. The lowest BCUT2D eigenvalue weighted by molar-refractivity contribution is -0.143. The molecular weight excluding hydrogens is 694 g/mol. The lowest BCUT2D eigenvalue weighted by atomic mass is 9.89. The van der Waals surface area contributed by atoms with E-state index in [0.717, 1.165) is 43.1 Å². The lowest BCUT2D eigenvalue weighted by Gasteiger charge is -2.29. The van der Waals surface area contributed by atoms with Crippen molar-refractivity contribution in [3.8, 4) is 0 Å². The molecule has 0 spiro atoms. The number of aryl methyl sites for hydroxylation is 1. The van der Waals surface area contributed by atoms with E-state index >= 15 is 0 Å². The van der Waals surface area contributed by atoms with Crippen LogP contribution in [0.2, 0.25) is 5.02 Å². The third-order valence-corrected chi connectivity index (χ3v) is 10.5. The summed E-state index contributed by atoms with van der Waals surface area (Å²) >= 11 is 6.03. The number of ketones is 1. The van der Waals surface area contributed by atoms with Crippen molar-refractivity contribution in [3.05, 3.63) is 70.7 Å². The summed E-state index contributed by atoms with van der Waals surface area (Å²) < 4.78 is 33.5. The van der Waals surface area contributed by atoms with Crippen LogP contribution in [0.15, 0.2) is 54.6 Å². The van der Waals surface area contributed by atoms with Gasteiger partial charge in [-0.2, -0.15) is 0 Å². The highest BCUT2D eigenvalue weighted by molar-refractivity contribution is 7.88. The van der Waals surface area contributed by atoms with Crippen LogP contribution in [0.25, 0.3) is 0 Å². The molecule has 51 heavy (non-hydrogen) atoms. The van der Waals surface area contributed by atoms with E-state index in [9.17, 15) is 27.6 Å². The zero-order valence-electron chi connectivity index (χ0n) is 29.4. The van der Waals surface area contributed by atoms with Gasteiger partial charge in [-0.25, -0.2) is 13.1 Å². The van der Waals surface area contributed by atoms with Crippen molar-refractivity contribution in [2.24, 2.45) is 11.7 Å². The fourth-order valence-electron chi connectivity index (χ4n) is 6.76. The molecule has 2 aromatic carbocycles. The molecule has 2 aliphatic rings. The van der Waals surface area contributed by atoms with Crippen LogP contribution in [-0.2, 0) is 47.0 Å². The number of ether oxygens (including phenoxy) is 1. The summed E-state index contributed by atoms with van der Waals surface area (Å²) in [7, 11) is -3.81. The summed E-state index contributed by atoms with van der Waals surface area (Å²) in [5.74, 6) is -2.37. The molecule has 1 saturated carbocycles. The Kier molecular flexibility index (Phi) is 15.9. The minimum absolute atomic E-state index is 0.0193. The van der Waals surface area contributed by atoms with Gasteiger partial charge in [0.15, 0.2) is 0 Å². The number of nitrogens with one attached hydrogen (secondary N) is 3. The standard InChI is InChI=1S/C37H52ClN5O7S/c1-51(48,49)42-32(20-17-26-10-4-2-5-11-26)37(47)43-24-30(50-25-28-15-18-29(38)19-16-28)22-33(43)35(45)41-31(14-8-9-21-39)34(44)36(46)40-23-27-12-6-3-7-13-27/h2,4-5,10-11,15-16,18-19,27,30-33,42H,3,6-9,12-14,17,20-25,39H2,1H3,(H,40,46)(H,41,45)/t30-,31+,32-,33+/m1/s1. The summed E-state index contributed by atoms with van der Waals surface area (Å²) in [4.78, 5) is 56.1. The van der Waals surface area contributed by atoms with Crippen molar-refractivity contribution in [1.82, 2.24) is 20.3 Å². The monoisotopic (exact) mass is 745 g/mol. The van der Waals surface area contributed by atoms with Crippen LogP contribution in [-0.4, -0.2) is 86.9 Å². The van der Waals surface area contributed by atoms with E-state index in [1.807, 2.05) is 42.5 Å². The molecule has 2 aromatic rings. The van der Waals surface area contributed by atoms with Gasteiger partial charge < -0.3 is 26.0 Å². The Morgan fingerprint density at radius 2 is 1.65 bits per heavy atom. The minimum Gasteiger partial charge on any atom is -0.372 e. The van der Waals surface area contributed by atoms with Gasteiger partial charge in [0.05, 0.1) is 25.0 Å². The van der Waals surface area contributed by atoms with Crippen molar-refractivity contribution in [3.63, 3.8) is 0 Å². The zero-order valence-corrected chi connectivity index (χ0v) is 30.9. The van der Waals surface area contributed by atoms with Crippen LogP contribution >= 0.6 is 11.6 Å². The van der Waals surface area contributed by atoms with E-state index in [4.69, 9.17) is 22.1 Å². The number of nitrogens with two attached hydrogens (primary N) is 1. The molecule has 4 rings (SSSR count). The van der Waals surface area contributed by atoms with Gasteiger partial charge in [-0.15, -0.1) is 0 Å². The predicted molar refractivity (Wildman–Crippen MR) is 196 cm³/mol. The molecule has 2 fully saturated rings. The van der Waals surface area contributed by atoms with Crippen LogP contribution in [0.4, 0.5) is 0 Å². The number of carbonyl (C=O) groups is 4. The highest BCUT2D eigenvalue weighted by Gasteiger charge is 2.43. The summed E-state index contributed by atoms with van der Waals surface area (Å²) in [6, 6.07) is 13.1. The fourth-order valence-corrected chi connectivity index (χ4v) is 7.62. The number of amides is 3. The van der Waals surface area contributed by atoms with Crippen LogP contribution in [0, 0.1) is 5.92 Å². The number of nitrogens with zero attached hydrogens (tertiary/aromatic N) is 1. The lowest BCUT2D eigenvalue weighted by Crippen LogP contribution is -2.56. The second kappa shape index (κ2) is 20.0. The third-order valence-electron chi connectivity index (χ3n) is 9.55. The Labute approximate surface area is 306 Å². The number of carbonyl (C=O) groups excluding carboxylic acids is 4.